The maximum absolute atomic E-state index is 10.1. The summed E-state index contributed by atoms with van der Waals surface area (Å²) in [6.45, 7) is -0.578. The molecule has 5 heteroatoms. The molecule has 0 aliphatic heterocycles. The van der Waals surface area contributed by atoms with E-state index in [0.717, 1.165) is 0 Å². The number of carbonyl (C=O) groups excluding carboxylic acids is 1. The van der Waals surface area contributed by atoms with Gasteiger partial charge < -0.3 is 15.3 Å². The summed E-state index contributed by atoms with van der Waals surface area (Å²) in [7, 11) is 0. The molecule has 0 amide bonds. The van der Waals surface area contributed by atoms with Crippen LogP contribution in [-0.2, 0) is 4.79 Å². The summed E-state index contributed by atoms with van der Waals surface area (Å²) in [5, 5.41) is 25.0. The number of halogens is 1. The fourth-order valence-corrected chi connectivity index (χ4v) is 0.580. The molecule has 60 valence electrons. The predicted octanol–water partition coefficient (Wildman–Crippen LogP) is -1.14. The quantitative estimate of drug-likeness (QED) is 0.464. The van der Waals surface area contributed by atoms with Crippen LogP contribution in [-0.4, -0.2) is 39.4 Å². The van der Waals surface area contributed by atoms with Crippen LogP contribution in [0, 0.1) is 0 Å². The number of carbonyl (C=O) groups is 1. The van der Waals surface area contributed by atoms with E-state index in [9.17, 15) is 4.79 Å². The third-order valence-electron chi connectivity index (χ3n) is 1.00. The van der Waals surface area contributed by atoms with Gasteiger partial charge >= 0.3 is 0 Å². The van der Waals surface area contributed by atoms with Crippen molar-refractivity contribution >= 4 is 16.8 Å². The van der Waals surface area contributed by atoms with E-state index in [1.54, 1.807) is 0 Å². The molecular weight excluding hydrogens is 160 g/mol. The molecule has 2 atom stereocenters. The minimum absolute atomic E-state index is 0.344. The average molecular weight is 169 g/mol. The van der Waals surface area contributed by atoms with Gasteiger partial charge in [0.1, 0.15) is 6.10 Å². The highest BCUT2D eigenvalue weighted by atomic mass is 35.5. The Morgan fingerprint density at radius 2 is 1.90 bits per heavy atom. The van der Waals surface area contributed by atoms with Crippen molar-refractivity contribution in [2.45, 2.75) is 18.6 Å². The van der Waals surface area contributed by atoms with Crippen LogP contribution in [0.15, 0.2) is 0 Å². The van der Waals surface area contributed by atoms with Gasteiger partial charge in [0.15, 0.2) is 0 Å². The minimum Gasteiger partial charge on any atom is -0.394 e. The first-order valence-electron chi connectivity index (χ1n) is 2.73. The van der Waals surface area contributed by atoms with E-state index < -0.39 is 24.1 Å². The van der Waals surface area contributed by atoms with Gasteiger partial charge in [-0.15, -0.1) is 0 Å². The normalized spacial score (nSPS) is 16.4. The lowest BCUT2D eigenvalue weighted by Crippen LogP contribution is -2.30. The van der Waals surface area contributed by atoms with Gasteiger partial charge in [0.2, 0.25) is 5.24 Å². The Balaban J connectivity index is 3.61. The van der Waals surface area contributed by atoms with Gasteiger partial charge in [0.25, 0.3) is 0 Å². The molecule has 0 spiro atoms. The van der Waals surface area contributed by atoms with Crippen LogP contribution in [0.2, 0.25) is 0 Å². The Kier molecular flexibility index (Phi) is 4.55. The van der Waals surface area contributed by atoms with E-state index in [0.29, 0.717) is 0 Å². The second kappa shape index (κ2) is 4.62. The number of rotatable bonds is 4. The van der Waals surface area contributed by atoms with Crippen LogP contribution in [0.5, 0.6) is 0 Å². The lowest BCUT2D eigenvalue weighted by Gasteiger charge is -2.12. The number of aliphatic hydroxyl groups excluding tert-OH is 3. The van der Waals surface area contributed by atoms with E-state index >= 15 is 0 Å². The zero-order valence-electron chi connectivity index (χ0n) is 5.20. The SMILES string of the molecule is O=C(Cl)C[C@@H](O)[C@@H](O)CO. The third kappa shape index (κ3) is 3.79. The highest BCUT2D eigenvalue weighted by molar-refractivity contribution is 6.63. The number of hydrogen-bond acceptors (Lipinski definition) is 4. The average Bonchev–Trinajstić information content (AvgIpc) is 1.85. The zero-order valence-corrected chi connectivity index (χ0v) is 5.95. The molecule has 0 aromatic rings. The van der Waals surface area contributed by atoms with Crippen LogP contribution in [0.3, 0.4) is 0 Å². The van der Waals surface area contributed by atoms with Crippen molar-refractivity contribution in [1.82, 2.24) is 0 Å². The molecule has 3 N–H and O–H groups in total. The fourth-order valence-electron chi connectivity index (χ4n) is 0.422. The zero-order chi connectivity index (χ0) is 8.15. The molecule has 4 nitrogen and oxygen atoms in total. The largest absolute Gasteiger partial charge is 0.394 e. The molecule has 0 saturated heterocycles. The summed E-state index contributed by atoms with van der Waals surface area (Å²) in [5.41, 5.74) is 0. The molecule has 0 aliphatic rings. The third-order valence-corrected chi connectivity index (χ3v) is 1.16. The Bertz CT molecular complexity index is 116. The fraction of sp³-hybridized carbons (Fsp3) is 0.800. The van der Waals surface area contributed by atoms with Crippen LogP contribution >= 0.6 is 11.6 Å². The predicted molar refractivity (Wildman–Crippen MR) is 34.6 cm³/mol. The molecule has 0 radical (unpaired) electrons. The van der Waals surface area contributed by atoms with Crippen molar-refractivity contribution in [2.24, 2.45) is 0 Å². The van der Waals surface area contributed by atoms with Gasteiger partial charge in [-0.05, 0) is 11.6 Å². The Morgan fingerprint density at radius 3 is 2.20 bits per heavy atom. The summed E-state index contributed by atoms with van der Waals surface area (Å²) in [6, 6.07) is 0. The highest BCUT2D eigenvalue weighted by Gasteiger charge is 2.17. The van der Waals surface area contributed by atoms with E-state index in [-0.39, 0.29) is 6.42 Å². The van der Waals surface area contributed by atoms with Crippen molar-refractivity contribution in [3.8, 4) is 0 Å². The Morgan fingerprint density at radius 1 is 1.40 bits per heavy atom. The highest BCUT2D eigenvalue weighted by Crippen LogP contribution is 2.00. The molecule has 0 rings (SSSR count). The maximum Gasteiger partial charge on any atom is 0.224 e. The van der Waals surface area contributed by atoms with Crippen LogP contribution in [0.1, 0.15) is 6.42 Å². The number of hydrogen-bond donors (Lipinski definition) is 3. The molecule has 0 bridgehead atoms. The summed E-state index contributed by atoms with van der Waals surface area (Å²) in [6.07, 6.45) is -2.90. The summed E-state index contributed by atoms with van der Waals surface area (Å²) < 4.78 is 0. The molecule has 0 aliphatic carbocycles. The first kappa shape index (κ1) is 9.84. The van der Waals surface area contributed by atoms with Crippen molar-refractivity contribution in [1.29, 1.82) is 0 Å². The molecular formula is C5H9ClO4. The summed E-state index contributed by atoms with van der Waals surface area (Å²) in [5.74, 6) is 0. The van der Waals surface area contributed by atoms with Crippen LogP contribution in [0.25, 0.3) is 0 Å². The van der Waals surface area contributed by atoms with Crippen molar-refractivity contribution < 1.29 is 20.1 Å². The van der Waals surface area contributed by atoms with Gasteiger partial charge in [-0.25, -0.2) is 0 Å². The maximum atomic E-state index is 10.1. The van der Waals surface area contributed by atoms with E-state index in [4.69, 9.17) is 26.9 Å². The van der Waals surface area contributed by atoms with Crippen LogP contribution < -0.4 is 0 Å². The Hall–Kier alpha value is -0.160. The summed E-state index contributed by atoms with van der Waals surface area (Å²) in [4.78, 5) is 10.1. The second-order valence-corrected chi connectivity index (χ2v) is 2.30. The topological polar surface area (TPSA) is 77.8 Å². The van der Waals surface area contributed by atoms with Crippen molar-refractivity contribution in [3.05, 3.63) is 0 Å². The van der Waals surface area contributed by atoms with Gasteiger partial charge in [-0.3, -0.25) is 4.79 Å². The smallest absolute Gasteiger partial charge is 0.224 e. The Labute approximate surface area is 63.0 Å². The molecule has 10 heavy (non-hydrogen) atoms. The lowest BCUT2D eigenvalue weighted by atomic mass is 10.2. The molecule has 0 unspecified atom stereocenters. The van der Waals surface area contributed by atoms with Gasteiger partial charge in [0.05, 0.1) is 19.1 Å². The summed E-state index contributed by atoms with van der Waals surface area (Å²) >= 11 is 4.88. The molecule has 0 aromatic carbocycles. The minimum atomic E-state index is -1.29. The van der Waals surface area contributed by atoms with Gasteiger partial charge in [0, 0.05) is 0 Å². The first-order valence-corrected chi connectivity index (χ1v) is 3.11. The van der Waals surface area contributed by atoms with Gasteiger partial charge in [-0.1, -0.05) is 0 Å². The number of aliphatic hydroxyl groups is 3. The molecule has 0 heterocycles. The van der Waals surface area contributed by atoms with Crippen molar-refractivity contribution in [3.63, 3.8) is 0 Å². The molecule has 0 aromatic heterocycles. The lowest BCUT2D eigenvalue weighted by molar-refractivity contribution is -0.115. The van der Waals surface area contributed by atoms with E-state index in [1.807, 2.05) is 0 Å². The van der Waals surface area contributed by atoms with Gasteiger partial charge in [-0.2, -0.15) is 0 Å². The first-order chi connectivity index (χ1) is 4.57. The monoisotopic (exact) mass is 168 g/mol. The second-order valence-electron chi connectivity index (χ2n) is 1.88. The molecule has 0 saturated carbocycles. The molecule has 0 fully saturated rings. The van der Waals surface area contributed by atoms with E-state index in [2.05, 4.69) is 0 Å². The van der Waals surface area contributed by atoms with E-state index in [1.165, 1.54) is 0 Å². The van der Waals surface area contributed by atoms with Crippen molar-refractivity contribution in [2.75, 3.05) is 6.61 Å². The standard InChI is InChI=1S/C5H9ClO4/c6-5(10)1-3(8)4(9)2-7/h3-4,7-9H,1-2H2/t3-,4+/m1/s1. The van der Waals surface area contributed by atoms with Crippen LogP contribution in [0.4, 0.5) is 0 Å².